The quantitative estimate of drug-likeness (QED) is 0.654. The van der Waals surface area contributed by atoms with Crippen molar-refractivity contribution in [2.75, 3.05) is 6.54 Å². The Labute approximate surface area is 155 Å². The van der Waals surface area contributed by atoms with E-state index in [0.717, 1.165) is 16.5 Å². The Morgan fingerprint density at radius 2 is 1.89 bits per heavy atom. The highest BCUT2D eigenvalue weighted by atomic mass is 19.1. The highest BCUT2D eigenvalue weighted by Gasteiger charge is 2.13. The molecule has 0 saturated heterocycles. The molecular formula is C21H20FNO4. The SMILES string of the molecule is Cc1c(CCC(=O)NCCc2ccc(F)cc2)c(=O)oc2cc(O)ccc12. The second kappa shape index (κ2) is 8.03. The number of halogens is 1. The highest BCUT2D eigenvalue weighted by Crippen LogP contribution is 2.23. The number of phenols is 1. The van der Waals surface area contributed by atoms with E-state index in [1.54, 1.807) is 25.1 Å². The van der Waals surface area contributed by atoms with E-state index in [-0.39, 0.29) is 30.3 Å². The van der Waals surface area contributed by atoms with E-state index < -0.39 is 5.63 Å². The van der Waals surface area contributed by atoms with Crippen LogP contribution in [-0.2, 0) is 17.6 Å². The van der Waals surface area contributed by atoms with Crippen LogP contribution in [0.25, 0.3) is 11.0 Å². The number of hydrogen-bond donors (Lipinski definition) is 2. The minimum Gasteiger partial charge on any atom is -0.508 e. The van der Waals surface area contributed by atoms with E-state index in [9.17, 15) is 19.1 Å². The molecular weight excluding hydrogens is 349 g/mol. The van der Waals surface area contributed by atoms with E-state index in [1.165, 1.54) is 24.3 Å². The summed E-state index contributed by atoms with van der Waals surface area (Å²) in [5, 5.41) is 13.0. The summed E-state index contributed by atoms with van der Waals surface area (Å²) in [4.78, 5) is 24.2. The van der Waals surface area contributed by atoms with Gasteiger partial charge >= 0.3 is 5.63 Å². The second-order valence-corrected chi connectivity index (χ2v) is 6.40. The first kappa shape index (κ1) is 18.6. The van der Waals surface area contributed by atoms with Crippen LogP contribution in [0.4, 0.5) is 4.39 Å². The average Bonchev–Trinajstić information content (AvgIpc) is 2.63. The normalized spacial score (nSPS) is 10.9. The van der Waals surface area contributed by atoms with E-state index in [2.05, 4.69) is 5.32 Å². The number of rotatable bonds is 6. The van der Waals surface area contributed by atoms with Crippen molar-refractivity contribution in [3.63, 3.8) is 0 Å². The van der Waals surface area contributed by atoms with Crippen molar-refractivity contribution in [3.05, 3.63) is 75.4 Å². The summed E-state index contributed by atoms with van der Waals surface area (Å²) in [6.07, 6.45) is 1.04. The van der Waals surface area contributed by atoms with Gasteiger partial charge in [-0.3, -0.25) is 4.79 Å². The number of nitrogens with one attached hydrogen (secondary N) is 1. The molecule has 140 valence electrons. The third kappa shape index (κ3) is 4.53. The Balaban J connectivity index is 1.59. The lowest BCUT2D eigenvalue weighted by Crippen LogP contribution is -2.26. The maximum atomic E-state index is 12.9. The van der Waals surface area contributed by atoms with Crippen LogP contribution >= 0.6 is 0 Å². The molecule has 0 radical (unpaired) electrons. The van der Waals surface area contributed by atoms with Gasteiger partial charge in [0, 0.05) is 30.0 Å². The molecule has 5 nitrogen and oxygen atoms in total. The molecule has 3 rings (SSSR count). The van der Waals surface area contributed by atoms with Crippen molar-refractivity contribution in [2.24, 2.45) is 0 Å². The van der Waals surface area contributed by atoms with Crippen LogP contribution in [0.3, 0.4) is 0 Å². The van der Waals surface area contributed by atoms with Crippen molar-refractivity contribution in [2.45, 2.75) is 26.2 Å². The van der Waals surface area contributed by atoms with Crippen molar-refractivity contribution in [1.29, 1.82) is 0 Å². The van der Waals surface area contributed by atoms with Crippen LogP contribution in [0.5, 0.6) is 5.75 Å². The zero-order valence-corrected chi connectivity index (χ0v) is 14.9. The van der Waals surface area contributed by atoms with Crippen molar-refractivity contribution in [1.82, 2.24) is 5.32 Å². The highest BCUT2D eigenvalue weighted by molar-refractivity contribution is 5.82. The van der Waals surface area contributed by atoms with E-state index in [0.29, 0.717) is 24.1 Å². The lowest BCUT2D eigenvalue weighted by atomic mass is 10.0. The molecule has 0 unspecified atom stereocenters. The van der Waals surface area contributed by atoms with Crippen molar-refractivity contribution < 1.29 is 18.7 Å². The maximum absolute atomic E-state index is 12.9. The number of phenolic OH excluding ortho intramolecular Hbond substituents is 1. The number of aryl methyl sites for hydroxylation is 1. The number of carbonyl (C=O) groups excluding carboxylic acids is 1. The number of aromatic hydroxyl groups is 1. The predicted octanol–water partition coefficient (Wildman–Crippen LogP) is 3.24. The molecule has 0 aliphatic rings. The van der Waals surface area contributed by atoms with Crippen LogP contribution in [0.1, 0.15) is 23.1 Å². The number of carbonyl (C=O) groups is 1. The molecule has 27 heavy (non-hydrogen) atoms. The molecule has 0 aliphatic carbocycles. The van der Waals surface area contributed by atoms with Crippen LogP contribution < -0.4 is 10.9 Å². The van der Waals surface area contributed by atoms with Gasteiger partial charge in [0.15, 0.2) is 0 Å². The molecule has 0 atom stereocenters. The smallest absolute Gasteiger partial charge is 0.339 e. The van der Waals surface area contributed by atoms with Gasteiger partial charge in [-0.2, -0.15) is 0 Å². The molecule has 3 aromatic rings. The first-order valence-electron chi connectivity index (χ1n) is 8.70. The fourth-order valence-electron chi connectivity index (χ4n) is 3.00. The second-order valence-electron chi connectivity index (χ2n) is 6.40. The minimum atomic E-state index is -0.496. The first-order chi connectivity index (χ1) is 12.9. The van der Waals surface area contributed by atoms with Gasteiger partial charge in [-0.05, 0) is 55.2 Å². The lowest BCUT2D eigenvalue weighted by molar-refractivity contribution is -0.121. The van der Waals surface area contributed by atoms with Crippen LogP contribution in [0.15, 0.2) is 51.7 Å². The minimum absolute atomic E-state index is 0.0262. The number of hydrogen-bond acceptors (Lipinski definition) is 4. The Bertz CT molecular complexity index is 1020. The molecule has 1 heterocycles. The summed E-state index contributed by atoms with van der Waals surface area (Å²) < 4.78 is 18.1. The van der Waals surface area contributed by atoms with Crippen LogP contribution in [0.2, 0.25) is 0 Å². The first-order valence-corrected chi connectivity index (χ1v) is 8.70. The molecule has 0 spiro atoms. The van der Waals surface area contributed by atoms with Gasteiger partial charge < -0.3 is 14.8 Å². The molecule has 0 aliphatic heterocycles. The molecule has 1 aromatic heterocycles. The zero-order chi connectivity index (χ0) is 19.4. The van der Waals surface area contributed by atoms with E-state index in [4.69, 9.17) is 4.42 Å². The summed E-state index contributed by atoms with van der Waals surface area (Å²) in [5.41, 5.74) is 1.97. The molecule has 2 N–H and O–H groups in total. The largest absolute Gasteiger partial charge is 0.508 e. The van der Waals surface area contributed by atoms with Gasteiger partial charge in [-0.1, -0.05) is 12.1 Å². The Kier molecular flexibility index (Phi) is 5.54. The van der Waals surface area contributed by atoms with Gasteiger partial charge in [0.25, 0.3) is 0 Å². The van der Waals surface area contributed by atoms with Crippen LogP contribution in [-0.4, -0.2) is 17.6 Å². The Morgan fingerprint density at radius 1 is 1.15 bits per heavy atom. The van der Waals surface area contributed by atoms with Crippen molar-refractivity contribution in [3.8, 4) is 5.75 Å². The summed E-state index contributed by atoms with van der Waals surface area (Å²) in [5.74, 6) is -0.428. The molecule has 6 heteroatoms. The third-order valence-electron chi connectivity index (χ3n) is 4.52. The lowest BCUT2D eigenvalue weighted by Gasteiger charge is -2.09. The van der Waals surface area contributed by atoms with E-state index in [1.807, 2.05) is 0 Å². The molecule has 1 amide bonds. The topological polar surface area (TPSA) is 79.5 Å². The fraction of sp³-hybridized carbons (Fsp3) is 0.238. The summed E-state index contributed by atoms with van der Waals surface area (Å²) >= 11 is 0. The number of benzene rings is 2. The Hall–Kier alpha value is -3.15. The van der Waals surface area contributed by atoms with Crippen molar-refractivity contribution >= 4 is 16.9 Å². The van der Waals surface area contributed by atoms with Gasteiger partial charge in [-0.25, -0.2) is 9.18 Å². The third-order valence-corrected chi connectivity index (χ3v) is 4.52. The summed E-state index contributed by atoms with van der Waals surface area (Å²) in [7, 11) is 0. The molecule has 0 fully saturated rings. The monoisotopic (exact) mass is 369 g/mol. The maximum Gasteiger partial charge on any atom is 0.339 e. The molecule has 0 bridgehead atoms. The van der Waals surface area contributed by atoms with Crippen LogP contribution in [0, 0.1) is 12.7 Å². The fourth-order valence-corrected chi connectivity index (χ4v) is 3.00. The number of fused-ring (bicyclic) bond motifs is 1. The zero-order valence-electron chi connectivity index (χ0n) is 14.9. The number of amides is 1. The average molecular weight is 369 g/mol. The van der Waals surface area contributed by atoms with E-state index >= 15 is 0 Å². The summed E-state index contributed by atoms with van der Waals surface area (Å²) in [6, 6.07) is 10.8. The van der Waals surface area contributed by atoms with Gasteiger partial charge in [0.1, 0.15) is 17.1 Å². The standard InChI is InChI=1S/C21H20FNO4/c1-13-17-7-6-16(24)12-19(17)27-21(26)18(13)8-9-20(25)23-11-10-14-2-4-15(22)5-3-14/h2-7,12,24H,8-11H2,1H3,(H,23,25). The molecule has 0 saturated carbocycles. The van der Waals surface area contributed by atoms with Gasteiger partial charge in [-0.15, -0.1) is 0 Å². The Morgan fingerprint density at radius 3 is 2.63 bits per heavy atom. The van der Waals surface area contributed by atoms with Gasteiger partial charge in [0.2, 0.25) is 5.91 Å². The summed E-state index contributed by atoms with van der Waals surface area (Å²) in [6.45, 7) is 2.24. The van der Waals surface area contributed by atoms with Gasteiger partial charge in [0.05, 0.1) is 0 Å². The molecule has 2 aromatic carbocycles. The predicted molar refractivity (Wildman–Crippen MR) is 100 cm³/mol.